The molecule has 27 heavy (non-hydrogen) atoms. The van der Waals surface area contributed by atoms with Crippen molar-refractivity contribution in [3.63, 3.8) is 0 Å². The summed E-state index contributed by atoms with van der Waals surface area (Å²) >= 11 is 0. The number of hydrogen-bond donors (Lipinski definition) is 1. The predicted molar refractivity (Wildman–Crippen MR) is 106 cm³/mol. The van der Waals surface area contributed by atoms with Gasteiger partial charge in [-0.1, -0.05) is 24.3 Å². The molecular weight excluding hydrogens is 338 g/mol. The first kappa shape index (κ1) is 20.0. The molecule has 2 aromatic carbocycles. The monoisotopic (exact) mass is 361 g/mol. The molecule has 0 fully saturated rings. The Bertz CT molecular complexity index is 847. The Hall–Kier alpha value is -3.28. The van der Waals surface area contributed by atoms with E-state index < -0.39 is 6.10 Å². The highest BCUT2D eigenvalue weighted by Crippen LogP contribution is 2.21. The molecule has 0 amide bonds. The second kappa shape index (κ2) is 10.0. The SMILES string of the molecule is CCN(CC(O)COc1ccccc1)c1ccc(C=C(C#N)C#N)c(C)c1. The van der Waals surface area contributed by atoms with E-state index in [4.69, 9.17) is 15.3 Å². The van der Waals surface area contributed by atoms with Crippen LogP contribution in [0.15, 0.2) is 54.1 Å². The number of para-hydroxylation sites is 1. The van der Waals surface area contributed by atoms with Crippen LogP contribution in [-0.2, 0) is 0 Å². The number of nitriles is 2. The van der Waals surface area contributed by atoms with Gasteiger partial charge in [0.25, 0.3) is 0 Å². The molecule has 2 aromatic rings. The van der Waals surface area contributed by atoms with E-state index in [2.05, 4.69) is 4.90 Å². The van der Waals surface area contributed by atoms with Crippen molar-refractivity contribution in [1.29, 1.82) is 10.5 Å². The van der Waals surface area contributed by atoms with E-state index >= 15 is 0 Å². The molecule has 5 heteroatoms. The molecule has 0 bridgehead atoms. The van der Waals surface area contributed by atoms with E-state index in [9.17, 15) is 5.11 Å². The summed E-state index contributed by atoms with van der Waals surface area (Å²) in [4.78, 5) is 2.06. The van der Waals surface area contributed by atoms with E-state index in [0.717, 1.165) is 29.1 Å². The lowest BCUT2D eigenvalue weighted by molar-refractivity contribution is 0.112. The van der Waals surface area contributed by atoms with Crippen molar-refractivity contribution >= 4 is 11.8 Å². The number of likely N-dealkylation sites (N-methyl/N-ethyl adjacent to an activating group) is 1. The number of nitrogens with zero attached hydrogens (tertiary/aromatic N) is 3. The van der Waals surface area contributed by atoms with Crippen LogP contribution in [0.1, 0.15) is 18.1 Å². The van der Waals surface area contributed by atoms with Gasteiger partial charge < -0.3 is 14.7 Å². The minimum atomic E-state index is -0.631. The van der Waals surface area contributed by atoms with Crippen LogP contribution in [0.2, 0.25) is 0 Å². The minimum absolute atomic E-state index is 0.0756. The number of aryl methyl sites for hydroxylation is 1. The zero-order valence-electron chi connectivity index (χ0n) is 15.6. The van der Waals surface area contributed by atoms with Crippen molar-refractivity contribution in [3.8, 4) is 17.9 Å². The minimum Gasteiger partial charge on any atom is -0.491 e. The average molecular weight is 361 g/mol. The van der Waals surface area contributed by atoms with E-state index in [1.165, 1.54) is 0 Å². The topological polar surface area (TPSA) is 80.3 Å². The van der Waals surface area contributed by atoms with Gasteiger partial charge in [-0.2, -0.15) is 10.5 Å². The molecule has 138 valence electrons. The summed E-state index contributed by atoms with van der Waals surface area (Å²) in [6, 6.07) is 19.0. The van der Waals surface area contributed by atoms with Crippen LogP contribution in [0, 0.1) is 29.6 Å². The lowest BCUT2D eigenvalue weighted by Crippen LogP contribution is -2.35. The van der Waals surface area contributed by atoms with Crippen LogP contribution in [0.4, 0.5) is 5.69 Å². The quantitative estimate of drug-likeness (QED) is 0.725. The number of allylic oxidation sites excluding steroid dienone is 1. The Balaban J connectivity index is 2.04. The van der Waals surface area contributed by atoms with Crippen LogP contribution in [0.3, 0.4) is 0 Å². The Kier molecular flexibility index (Phi) is 7.43. The van der Waals surface area contributed by atoms with Crippen molar-refractivity contribution in [2.75, 3.05) is 24.6 Å². The van der Waals surface area contributed by atoms with Crippen LogP contribution < -0.4 is 9.64 Å². The van der Waals surface area contributed by atoms with E-state index in [-0.39, 0.29) is 12.2 Å². The molecule has 1 N–H and O–H groups in total. The summed E-state index contributed by atoms with van der Waals surface area (Å²) < 4.78 is 5.61. The largest absolute Gasteiger partial charge is 0.491 e. The molecule has 0 saturated heterocycles. The van der Waals surface area contributed by atoms with Crippen LogP contribution in [0.25, 0.3) is 6.08 Å². The zero-order chi connectivity index (χ0) is 19.6. The molecule has 0 spiro atoms. The molecule has 0 saturated carbocycles. The van der Waals surface area contributed by atoms with Crippen molar-refractivity contribution in [3.05, 3.63) is 65.2 Å². The number of ether oxygens (including phenoxy) is 1. The molecule has 0 heterocycles. The predicted octanol–water partition coefficient (Wildman–Crippen LogP) is 3.69. The molecule has 0 aromatic heterocycles. The number of anilines is 1. The lowest BCUT2D eigenvalue weighted by atomic mass is 10.0. The van der Waals surface area contributed by atoms with Gasteiger partial charge in [0, 0.05) is 18.8 Å². The molecular formula is C22H23N3O2. The van der Waals surface area contributed by atoms with Crippen molar-refractivity contribution < 1.29 is 9.84 Å². The van der Waals surface area contributed by atoms with Crippen LogP contribution in [0.5, 0.6) is 5.75 Å². The van der Waals surface area contributed by atoms with Crippen molar-refractivity contribution in [1.82, 2.24) is 0 Å². The average Bonchev–Trinajstić information content (AvgIpc) is 2.70. The number of benzene rings is 2. The second-order valence-electron chi connectivity index (χ2n) is 6.14. The van der Waals surface area contributed by atoms with Gasteiger partial charge in [0.15, 0.2) is 0 Å². The Morgan fingerprint density at radius 1 is 1.19 bits per heavy atom. The highest BCUT2D eigenvalue weighted by molar-refractivity contribution is 5.66. The highest BCUT2D eigenvalue weighted by atomic mass is 16.5. The first-order chi connectivity index (χ1) is 13.1. The Labute approximate surface area is 160 Å². The molecule has 0 aliphatic heterocycles. The van der Waals surface area contributed by atoms with Gasteiger partial charge in [0.2, 0.25) is 0 Å². The number of aliphatic hydroxyl groups excluding tert-OH is 1. The van der Waals surface area contributed by atoms with Gasteiger partial charge in [-0.3, -0.25) is 0 Å². The van der Waals surface area contributed by atoms with Crippen LogP contribution in [-0.4, -0.2) is 30.9 Å². The molecule has 1 atom stereocenters. The smallest absolute Gasteiger partial charge is 0.130 e. The van der Waals surface area contributed by atoms with Gasteiger partial charge in [0.05, 0.1) is 0 Å². The molecule has 0 aliphatic rings. The molecule has 0 radical (unpaired) electrons. The maximum atomic E-state index is 10.3. The van der Waals surface area contributed by atoms with E-state index in [1.807, 2.05) is 74.5 Å². The number of aliphatic hydroxyl groups is 1. The lowest BCUT2D eigenvalue weighted by Gasteiger charge is -2.26. The maximum Gasteiger partial charge on any atom is 0.130 e. The first-order valence-corrected chi connectivity index (χ1v) is 8.80. The third-order valence-electron chi connectivity index (χ3n) is 4.16. The van der Waals surface area contributed by atoms with Gasteiger partial charge in [-0.25, -0.2) is 0 Å². The highest BCUT2D eigenvalue weighted by Gasteiger charge is 2.13. The Morgan fingerprint density at radius 2 is 1.89 bits per heavy atom. The number of rotatable bonds is 8. The number of hydrogen-bond acceptors (Lipinski definition) is 5. The normalized spacial score (nSPS) is 11.0. The zero-order valence-corrected chi connectivity index (χ0v) is 15.6. The fourth-order valence-electron chi connectivity index (χ4n) is 2.70. The summed E-state index contributed by atoms with van der Waals surface area (Å²) in [7, 11) is 0. The van der Waals surface area contributed by atoms with Crippen molar-refractivity contribution in [2.24, 2.45) is 0 Å². The summed E-state index contributed by atoms with van der Waals surface area (Å²) in [6.07, 6.45) is 0.951. The maximum absolute atomic E-state index is 10.3. The fraction of sp³-hybridized carbons (Fsp3) is 0.273. The Morgan fingerprint density at radius 3 is 2.48 bits per heavy atom. The van der Waals surface area contributed by atoms with Gasteiger partial charge in [-0.05, 0) is 55.3 Å². The fourth-order valence-corrected chi connectivity index (χ4v) is 2.70. The molecule has 1 unspecified atom stereocenters. The molecule has 2 rings (SSSR count). The molecule has 5 nitrogen and oxygen atoms in total. The van der Waals surface area contributed by atoms with Crippen LogP contribution >= 0.6 is 0 Å². The second-order valence-corrected chi connectivity index (χ2v) is 6.14. The summed E-state index contributed by atoms with van der Waals surface area (Å²) in [6.45, 7) is 5.36. The van der Waals surface area contributed by atoms with Crippen molar-refractivity contribution in [2.45, 2.75) is 20.0 Å². The third kappa shape index (κ3) is 5.88. The summed E-state index contributed by atoms with van der Waals surface area (Å²) in [5.41, 5.74) is 2.85. The summed E-state index contributed by atoms with van der Waals surface area (Å²) in [5, 5.41) is 28.1. The van der Waals surface area contributed by atoms with Gasteiger partial charge in [-0.15, -0.1) is 0 Å². The molecule has 0 aliphatic carbocycles. The first-order valence-electron chi connectivity index (χ1n) is 8.80. The van der Waals surface area contributed by atoms with Gasteiger partial charge >= 0.3 is 0 Å². The summed E-state index contributed by atoms with van der Waals surface area (Å²) in [5.74, 6) is 0.734. The van der Waals surface area contributed by atoms with Gasteiger partial charge in [0.1, 0.15) is 36.2 Å². The van der Waals surface area contributed by atoms with E-state index in [0.29, 0.717) is 6.54 Å². The standard InChI is InChI=1S/C22H23N3O2/c1-3-25(15-21(26)16-27-22-7-5-4-6-8-22)20-10-9-19(17(2)11-20)12-18(13-23)14-24/h4-12,21,26H,3,15-16H2,1-2H3. The third-order valence-corrected chi connectivity index (χ3v) is 4.16. The van der Waals surface area contributed by atoms with E-state index in [1.54, 1.807) is 6.08 Å².